The van der Waals surface area contributed by atoms with E-state index in [1.165, 1.54) is 0 Å². The second-order valence-electron chi connectivity index (χ2n) is 3.99. The first-order valence-electron chi connectivity index (χ1n) is 6.41. The fourth-order valence-electron chi connectivity index (χ4n) is 1.64. The van der Waals surface area contributed by atoms with Gasteiger partial charge in [0.15, 0.2) is 11.5 Å². The van der Waals surface area contributed by atoms with Gasteiger partial charge in [-0.2, -0.15) is 0 Å². The molecule has 0 aliphatic heterocycles. The van der Waals surface area contributed by atoms with Crippen LogP contribution in [0.3, 0.4) is 0 Å². The van der Waals surface area contributed by atoms with Crippen molar-refractivity contribution in [3.05, 3.63) is 17.7 Å². The molecule has 0 saturated carbocycles. The highest BCUT2D eigenvalue weighted by Gasteiger charge is 2.13. The van der Waals surface area contributed by atoms with E-state index in [1.807, 2.05) is 12.1 Å². The summed E-state index contributed by atoms with van der Waals surface area (Å²) in [6, 6.07) is 3.67. The molecule has 0 unspecified atom stereocenters. The second kappa shape index (κ2) is 9.41. The smallest absolute Gasteiger partial charge is 0.203 e. The van der Waals surface area contributed by atoms with Gasteiger partial charge in [0.1, 0.15) is 6.61 Å². The van der Waals surface area contributed by atoms with Gasteiger partial charge in [-0.3, -0.25) is 0 Å². The highest BCUT2D eigenvalue weighted by molar-refractivity contribution is 5.53. The third-order valence-electron chi connectivity index (χ3n) is 2.66. The Morgan fingerprint density at radius 3 is 2.00 bits per heavy atom. The van der Waals surface area contributed by atoms with Gasteiger partial charge in [-0.25, -0.2) is 0 Å². The Hall–Kier alpha value is -1.50. The standard InChI is InChI=1S/C14H23NO5/c1-16-4-5-19-6-7-20-14-12(17-2)8-11(10-15)9-13(14)18-3/h8-9H,4-7,10,15H2,1-3H3. The van der Waals surface area contributed by atoms with Gasteiger partial charge in [0.25, 0.3) is 0 Å². The summed E-state index contributed by atoms with van der Waals surface area (Å²) in [6.45, 7) is 2.39. The molecule has 0 saturated heterocycles. The SMILES string of the molecule is COCCOCCOc1c(OC)cc(CN)cc1OC. The van der Waals surface area contributed by atoms with Gasteiger partial charge in [-0.1, -0.05) is 0 Å². The van der Waals surface area contributed by atoms with Crippen LogP contribution in [0.15, 0.2) is 12.1 Å². The van der Waals surface area contributed by atoms with Crippen LogP contribution in [0.1, 0.15) is 5.56 Å². The number of hydrogen-bond donors (Lipinski definition) is 1. The molecule has 114 valence electrons. The Balaban J connectivity index is 2.63. The largest absolute Gasteiger partial charge is 0.493 e. The van der Waals surface area contributed by atoms with Crippen LogP contribution < -0.4 is 19.9 Å². The Morgan fingerprint density at radius 1 is 0.900 bits per heavy atom. The van der Waals surface area contributed by atoms with Crippen LogP contribution in [0.5, 0.6) is 17.2 Å². The van der Waals surface area contributed by atoms with Crippen molar-refractivity contribution in [3.8, 4) is 17.2 Å². The third-order valence-corrected chi connectivity index (χ3v) is 2.66. The predicted octanol–water partition coefficient (Wildman–Crippen LogP) is 1.20. The summed E-state index contributed by atoms with van der Waals surface area (Å²) in [6.07, 6.45) is 0. The molecular formula is C14H23NO5. The van der Waals surface area contributed by atoms with Crippen molar-refractivity contribution in [2.75, 3.05) is 47.8 Å². The van der Waals surface area contributed by atoms with Crippen molar-refractivity contribution < 1.29 is 23.7 Å². The molecule has 0 spiro atoms. The maximum Gasteiger partial charge on any atom is 0.203 e. The fraction of sp³-hybridized carbons (Fsp3) is 0.571. The minimum absolute atomic E-state index is 0.401. The highest BCUT2D eigenvalue weighted by Crippen LogP contribution is 2.38. The summed E-state index contributed by atoms with van der Waals surface area (Å²) in [5.41, 5.74) is 6.55. The van der Waals surface area contributed by atoms with Crippen LogP contribution in [0.2, 0.25) is 0 Å². The molecule has 1 rings (SSSR count). The van der Waals surface area contributed by atoms with Gasteiger partial charge in [0.05, 0.1) is 34.0 Å². The molecule has 0 fully saturated rings. The molecule has 0 bridgehead atoms. The van der Waals surface area contributed by atoms with Gasteiger partial charge in [-0.05, 0) is 17.7 Å². The van der Waals surface area contributed by atoms with E-state index < -0.39 is 0 Å². The van der Waals surface area contributed by atoms with Gasteiger partial charge in [0, 0.05) is 13.7 Å². The predicted molar refractivity (Wildman–Crippen MR) is 75.6 cm³/mol. The summed E-state index contributed by atoms with van der Waals surface area (Å²) >= 11 is 0. The van der Waals surface area contributed by atoms with Crippen LogP contribution in [0, 0.1) is 0 Å². The lowest BCUT2D eigenvalue weighted by Gasteiger charge is -2.15. The number of rotatable bonds is 10. The zero-order valence-electron chi connectivity index (χ0n) is 12.3. The topological polar surface area (TPSA) is 72.2 Å². The summed E-state index contributed by atoms with van der Waals surface area (Å²) in [5, 5.41) is 0. The molecule has 6 heteroatoms. The van der Waals surface area contributed by atoms with E-state index in [9.17, 15) is 0 Å². The Labute approximate surface area is 119 Å². The zero-order valence-corrected chi connectivity index (χ0v) is 12.3. The lowest BCUT2D eigenvalue weighted by atomic mass is 10.2. The molecule has 1 aromatic rings. The first-order chi connectivity index (χ1) is 9.76. The van der Waals surface area contributed by atoms with E-state index in [4.69, 9.17) is 29.4 Å². The molecule has 0 aliphatic rings. The average molecular weight is 285 g/mol. The molecule has 6 nitrogen and oxygen atoms in total. The van der Waals surface area contributed by atoms with E-state index in [-0.39, 0.29) is 0 Å². The van der Waals surface area contributed by atoms with Crippen molar-refractivity contribution in [3.63, 3.8) is 0 Å². The number of methoxy groups -OCH3 is 3. The first kappa shape index (κ1) is 16.6. The number of benzene rings is 1. The quantitative estimate of drug-likeness (QED) is 0.651. The Bertz CT molecular complexity index is 372. The van der Waals surface area contributed by atoms with Crippen LogP contribution in [0.25, 0.3) is 0 Å². The second-order valence-corrected chi connectivity index (χ2v) is 3.99. The van der Waals surface area contributed by atoms with Crippen molar-refractivity contribution in [2.45, 2.75) is 6.54 Å². The summed E-state index contributed by atoms with van der Waals surface area (Å²) in [5.74, 6) is 1.76. The number of hydrogen-bond acceptors (Lipinski definition) is 6. The van der Waals surface area contributed by atoms with Crippen molar-refractivity contribution in [1.82, 2.24) is 0 Å². The van der Waals surface area contributed by atoms with Gasteiger partial charge in [0.2, 0.25) is 5.75 Å². The highest BCUT2D eigenvalue weighted by atomic mass is 16.6. The molecule has 0 amide bonds. The Kier molecular flexibility index (Phi) is 7.79. The third kappa shape index (κ3) is 4.88. The first-order valence-corrected chi connectivity index (χ1v) is 6.41. The fourth-order valence-corrected chi connectivity index (χ4v) is 1.64. The van der Waals surface area contributed by atoms with E-state index in [2.05, 4.69) is 0 Å². The maximum atomic E-state index is 5.67. The molecule has 1 aromatic carbocycles. The van der Waals surface area contributed by atoms with Crippen molar-refractivity contribution in [2.24, 2.45) is 5.73 Å². The summed E-state index contributed by atoms with van der Waals surface area (Å²) in [4.78, 5) is 0. The molecule has 0 aliphatic carbocycles. The molecule has 2 N–H and O–H groups in total. The summed E-state index contributed by atoms with van der Waals surface area (Å²) in [7, 11) is 4.79. The lowest BCUT2D eigenvalue weighted by molar-refractivity contribution is 0.0535. The van der Waals surface area contributed by atoms with E-state index in [1.54, 1.807) is 21.3 Å². The lowest BCUT2D eigenvalue weighted by Crippen LogP contribution is -2.11. The minimum atomic E-state index is 0.401. The van der Waals surface area contributed by atoms with Crippen LogP contribution in [-0.4, -0.2) is 47.8 Å². The molecule has 0 aromatic heterocycles. The van der Waals surface area contributed by atoms with E-state index in [0.717, 1.165) is 5.56 Å². The summed E-state index contributed by atoms with van der Waals surface area (Å²) < 4.78 is 26.5. The Morgan fingerprint density at radius 2 is 1.50 bits per heavy atom. The monoisotopic (exact) mass is 285 g/mol. The number of ether oxygens (including phenoxy) is 5. The molecule has 20 heavy (non-hydrogen) atoms. The molecule has 0 radical (unpaired) electrons. The van der Waals surface area contributed by atoms with Crippen LogP contribution in [-0.2, 0) is 16.0 Å². The van der Waals surface area contributed by atoms with E-state index in [0.29, 0.717) is 50.2 Å². The average Bonchev–Trinajstić information content (AvgIpc) is 2.50. The molecule has 0 heterocycles. The van der Waals surface area contributed by atoms with Crippen LogP contribution >= 0.6 is 0 Å². The minimum Gasteiger partial charge on any atom is -0.493 e. The zero-order chi connectivity index (χ0) is 14.8. The van der Waals surface area contributed by atoms with Gasteiger partial charge in [-0.15, -0.1) is 0 Å². The van der Waals surface area contributed by atoms with Gasteiger partial charge >= 0.3 is 0 Å². The number of nitrogens with two attached hydrogens (primary N) is 1. The molecular weight excluding hydrogens is 262 g/mol. The normalized spacial score (nSPS) is 10.4. The van der Waals surface area contributed by atoms with E-state index >= 15 is 0 Å². The van der Waals surface area contributed by atoms with Gasteiger partial charge < -0.3 is 29.4 Å². The van der Waals surface area contributed by atoms with Crippen molar-refractivity contribution >= 4 is 0 Å². The van der Waals surface area contributed by atoms with Crippen LogP contribution in [0.4, 0.5) is 0 Å². The molecule has 0 atom stereocenters. The van der Waals surface area contributed by atoms with Crippen molar-refractivity contribution in [1.29, 1.82) is 0 Å². The maximum absolute atomic E-state index is 5.67.